The third-order valence-corrected chi connectivity index (χ3v) is 2.04. The van der Waals surface area contributed by atoms with Crippen molar-refractivity contribution in [1.29, 1.82) is 0 Å². The molecule has 0 amide bonds. The standard InChI is InChI=1S/C11H19N3O3/c1-4-17-10-5-8(2)12-11(14-10)13-9(6-15)7-16-3/h5,9,15H,4,6-7H2,1-3H3,(H,12,13,14). The van der Waals surface area contributed by atoms with Crippen molar-refractivity contribution < 1.29 is 14.6 Å². The number of aliphatic hydroxyl groups excluding tert-OH is 1. The van der Waals surface area contributed by atoms with Crippen LogP contribution in [-0.4, -0.2) is 48.0 Å². The summed E-state index contributed by atoms with van der Waals surface area (Å²) in [7, 11) is 1.58. The Hall–Kier alpha value is -1.40. The molecule has 2 N–H and O–H groups in total. The maximum absolute atomic E-state index is 9.13. The Morgan fingerprint density at radius 3 is 2.82 bits per heavy atom. The minimum atomic E-state index is -0.226. The van der Waals surface area contributed by atoms with Crippen LogP contribution in [0, 0.1) is 6.92 Å². The highest BCUT2D eigenvalue weighted by atomic mass is 16.5. The van der Waals surface area contributed by atoms with Crippen molar-refractivity contribution in [1.82, 2.24) is 9.97 Å². The number of ether oxygens (including phenoxy) is 2. The number of aromatic nitrogens is 2. The number of methoxy groups -OCH3 is 1. The zero-order valence-electron chi connectivity index (χ0n) is 10.4. The summed E-state index contributed by atoms with van der Waals surface area (Å²) in [5.74, 6) is 0.959. The second-order valence-corrected chi connectivity index (χ2v) is 3.58. The van der Waals surface area contributed by atoms with Gasteiger partial charge in [0.15, 0.2) is 0 Å². The van der Waals surface area contributed by atoms with Crippen LogP contribution < -0.4 is 10.1 Å². The van der Waals surface area contributed by atoms with Gasteiger partial charge < -0.3 is 19.9 Å². The summed E-state index contributed by atoms with van der Waals surface area (Å²) >= 11 is 0. The molecule has 1 aromatic heterocycles. The number of aryl methyl sites for hydroxylation is 1. The first kappa shape index (κ1) is 13.7. The molecule has 0 aliphatic heterocycles. The molecule has 0 aliphatic carbocycles. The largest absolute Gasteiger partial charge is 0.478 e. The first-order valence-electron chi connectivity index (χ1n) is 5.54. The maximum atomic E-state index is 9.13. The molecule has 6 heteroatoms. The maximum Gasteiger partial charge on any atom is 0.226 e. The summed E-state index contributed by atoms with van der Waals surface area (Å²) < 4.78 is 10.3. The van der Waals surface area contributed by atoms with Crippen LogP contribution in [0.25, 0.3) is 0 Å². The van der Waals surface area contributed by atoms with E-state index in [0.29, 0.717) is 25.0 Å². The predicted octanol–water partition coefficient (Wildman–Crippen LogP) is 0.603. The highest BCUT2D eigenvalue weighted by molar-refractivity contribution is 5.31. The summed E-state index contributed by atoms with van der Waals surface area (Å²) in [6.07, 6.45) is 0. The van der Waals surface area contributed by atoms with Gasteiger partial charge in [-0.2, -0.15) is 4.98 Å². The second-order valence-electron chi connectivity index (χ2n) is 3.58. The Bertz CT molecular complexity index is 347. The Morgan fingerprint density at radius 2 is 2.24 bits per heavy atom. The van der Waals surface area contributed by atoms with E-state index in [4.69, 9.17) is 14.6 Å². The van der Waals surface area contributed by atoms with Crippen molar-refractivity contribution >= 4 is 5.95 Å². The van der Waals surface area contributed by atoms with Crippen LogP contribution in [0.3, 0.4) is 0 Å². The van der Waals surface area contributed by atoms with Crippen LogP contribution in [-0.2, 0) is 4.74 Å². The molecule has 0 saturated carbocycles. The lowest BCUT2D eigenvalue weighted by Crippen LogP contribution is -2.29. The van der Waals surface area contributed by atoms with E-state index in [1.54, 1.807) is 13.2 Å². The van der Waals surface area contributed by atoms with E-state index in [2.05, 4.69) is 15.3 Å². The monoisotopic (exact) mass is 241 g/mol. The predicted molar refractivity (Wildman–Crippen MR) is 64.3 cm³/mol. The van der Waals surface area contributed by atoms with Crippen molar-refractivity contribution in [3.8, 4) is 5.88 Å². The summed E-state index contributed by atoms with van der Waals surface area (Å²) in [6.45, 7) is 4.65. The van der Waals surface area contributed by atoms with Gasteiger partial charge in [0.2, 0.25) is 11.8 Å². The third kappa shape index (κ3) is 4.54. The number of nitrogens with one attached hydrogen (secondary N) is 1. The van der Waals surface area contributed by atoms with Crippen LogP contribution in [0.2, 0.25) is 0 Å². The van der Waals surface area contributed by atoms with Crippen LogP contribution in [0.15, 0.2) is 6.07 Å². The van der Waals surface area contributed by atoms with E-state index in [9.17, 15) is 0 Å². The number of anilines is 1. The van der Waals surface area contributed by atoms with Crippen LogP contribution in [0.1, 0.15) is 12.6 Å². The fourth-order valence-corrected chi connectivity index (χ4v) is 1.35. The summed E-state index contributed by atoms with van der Waals surface area (Å²) in [5, 5.41) is 12.1. The number of hydrogen-bond acceptors (Lipinski definition) is 6. The number of hydrogen-bond donors (Lipinski definition) is 2. The summed E-state index contributed by atoms with van der Waals surface area (Å²) in [6, 6.07) is 1.54. The molecular formula is C11H19N3O3. The van der Waals surface area contributed by atoms with E-state index in [0.717, 1.165) is 5.69 Å². The van der Waals surface area contributed by atoms with Crippen molar-refractivity contribution in [3.05, 3.63) is 11.8 Å². The molecule has 0 spiro atoms. The summed E-state index contributed by atoms with van der Waals surface area (Å²) in [4.78, 5) is 8.40. The third-order valence-electron chi connectivity index (χ3n) is 2.04. The molecule has 1 aromatic rings. The zero-order chi connectivity index (χ0) is 12.7. The molecule has 0 saturated heterocycles. The van der Waals surface area contributed by atoms with Crippen molar-refractivity contribution in [2.75, 3.05) is 32.2 Å². The van der Waals surface area contributed by atoms with Crippen LogP contribution in [0.5, 0.6) is 5.88 Å². The molecule has 0 bridgehead atoms. The highest BCUT2D eigenvalue weighted by Crippen LogP contribution is 2.12. The van der Waals surface area contributed by atoms with Crippen molar-refractivity contribution in [2.24, 2.45) is 0 Å². The lowest BCUT2D eigenvalue weighted by Gasteiger charge is -2.15. The second kappa shape index (κ2) is 7.03. The lowest BCUT2D eigenvalue weighted by atomic mass is 10.3. The molecule has 1 rings (SSSR count). The van der Waals surface area contributed by atoms with Crippen LogP contribution in [0.4, 0.5) is 5.95 Å². The molecule has 1 atom stereocenters. The average molecular weight is 241 g/mol. The molecule has 0 radical (unpaired) electrons. The Kier molecular flexibility index (Phi) is 5.65. The van der Waals surface area contributed by atoms with E-state index in [-0.39, 0.29) is 12.6 Å². The molecule has 17 heavy (non-hydrogen) atoms. The number of aliphatic hydroxyl groups is 1. The van der Waals surface area contributed by atoms with Crippen LogP contribution >= 0.6 is 0 Å². The smallest absolute Gasteiger partial charge is 0.226 e. The molecule has 0 aromatic carbocycles. The molecule has 96 valence electrons. The van der Waals surface area contributed by atoms with Gasteiger partial charge >= 0.3 is 0 Å². The van der Waals surface area contributed by atoms with E-state index < -0.39 is 0 Å². The lowest BCUT2D eigenvalue weighted by molar-refractivity contribution is 0.153. The van der Waals surface area contributed by atoms with Gasteiger partial charge in [-0.1, -0.05) is 0 Å². The molecule has 1 heterocycles. The quantitative estimate of drug-likeness (QED) is 0.728. The normalized spacial score (nSPS) is 12.2. The van der Waals surface area contributed by atoms with Gasteiger partial charge in [0, 0.05) is 18.9 Å². The van der Waals surface area contributed by atoms with E-state index in [1.165, 1.54) is 0 Å². The topological polar surface area (TPSA) is 76.5 Å². The van der Waals surface area contributed by atoms with Gasteiger partial charge in [-0.25, -0.2) is 4.98 Å². The Balaban J connectivity index is 2.75. The highest BCUT2D eigenvalue weighted by Gasteiger charge is 2.10. The number of rotatable bonds is 7. The fraction of sp³-hybridized carbons (Fsp3) is 0.636. The van der Waals surface area contributed by atoms with Gasteiger partial charge in [-0.15, -0.1) is 0 Å². The van der Waals surface area contributed by atoms with Gasteiger partial charge in [-0.05, 0) is 13.8 Å². The van der Waals surface area contributed by atoms with Gasteiger partial charge in [0.05, 0.1) is 25.9 Å². The average Bonchev–Trinajstić information content (AvgIpc) is 2.28. The number of nitrogens with zero attached hydrogens (tertiary/aromatic N) is 2. The SMILES string of the molecule is CCOc1cc(C)nc(NC(CO)COC)n1. The minimum Gasteiger partial charge on any atom is -0.478 e. The molecule has 1 unspecified atom stereocenters. The zero-order valence-corrected chi connectivity index (χ0v) is 10.4. The Labute approximate surface area is 101 Å². The van der Waals surface area contributed by atoms with E-state index in [1.807, 2.05) is 13.8 Å². The molecule has 6 nitrogen and oxygen atoms in total. The van der Waals surface area contributed by atoms with E-state index >= 15 is 0 Å². The van der Waals surface area contributed by atoms with Gasteiger partial charge in [0.1, 0.15) is 0 Å². The molecule has 0 fully saturated rings. The van der Waals surface area contributed by atoms with Gasteiger partial charge in [-0.3, -0.25) is 0 Å². The van der Waals surface area contributed by atoms with Crippen molar-refractivity contribution in [3.63, 3.8) is 0 Å². The Morgan fingerprint density at radius 1 is 1.47 bits per heavy atom. The minimum absolute atomic E-state index is 0.0465. The van der Waals surface area contributed by atoms with Gasteiger partial charge in [0.25, 0.3) is 0 Å². The first-order valence-corrected chi connectivity index (χ1v) is 5.54. The fourth-order valence-electron chi connectivity index (χ4n) is 1.35. The molecular weight excluding hydrogens is 222 g/mol. The van der Waals surface area contributed by atoms with Crippen molar-refractivity contribution in [2.45, 2.75) is 19.9 Å². The first-order chi connectivity index (χ1) is 8.19. The molecule has 0 aliphatic rings. The summed E-state index contributed by atoms with van der Waals surface area (Å²) in [5.41, 5.74) is 0.806.